The lowest BCUT2D eigenvalue weighted by atomic mass is 10.6. The van der Waals surface area contributed by atoms with Crippen LogP contribution in [0.5, 0.6) is 0 Å². The molecule has 0 unspecified atom stereocenters. The zero-order chi connectivity index (χ0) is 7.28. The fourth-order valence-corrected chi connectivity index (χ4v) is 0.955. The molecule has 0 N–H and O–H groups in total. The van der Waals surface area contributed by atoms with Crippen LogP contribution in [-0.2, 0) is 4.79 Å². The van der Waals surface area contributed by atoms with Gasteiger partial charge in [0.05, 0.1) is 5.75 Å². The molecule has 0 fully saturated rings. The van der Waals surface area contributed by atoms with Gasteiger partial charge in [-0.1, -0.05) is 6.92 Å². The number of thioether (sulfide) groups is 1. The van der Waals surface area contributed by atoms with E-state index < -0.39 is 0 Å². The minimum absolute atomic E-state index is 0.196. The molecule has 0 radical (unpaired) electrons. The van der Waals surface area contributed by atoms with Crippen LogP contribution in [0.2, 0.25) is 0 Å². The van der Waals surface area contributed by atoms with E-state index in [-0.39, 0.29) is 5.91 Å². The van der Waals surface area contributed by atoms with Crippen molar-refractivity contribution in [1.29, 1.82) is 0 Å². The summed E-state index contributed by atoms with van der Waals surface area (Å²) in [5.74, 6) is 1.82. The third-order valence-electron chi connectivity index (χ3n) is 0.928. The Morgan fingerprint density at radius 1 is 1.56 bits per heavy atom. The van der Waals surface area contributed by atoms with Gasteiger partial charge >= 0.3 is 0 Å². The summed E-state index contributed by atoms with van der Waals surface area (Å²) in [5, 5.41) is 0. The normalized spacial score (nSPS) is 9.22. The molecule has 9 heavy (non-hydrogen) atoms. The van der Waals surface area contributed by atoms with Crippen LogP contribution in [0.1, 0.15) is 6.92 Å². The number of carbonyl (C=O) groups excluding carboxylic acids is 1. The Morgan fingerprint density at radius 3 is 2.44 bits per heavy atom. The predicted molar refractivity (Wildman–Crippen MR) is 41.7 cm³/mol. The molecular formula is C6H13NOS. The third-order valence-corrected chi connectivity index (χ3v) is 1.79. The van der Waals surface area contributed by atoms with Crippen molar-refractivity contribution < 1.29 is 4.79 Å². The number of carbonyl (C=O) groups is 1. The van der Waals surface area contributed by atoms with Crippen LogP contribution in [0.3, 0.4) is 0 Å². The molecule has 0 aliphatic rings. The average Bonchev–Trinajstić information content (AvgIpc) is 1.82. The summed E-state index contributed by atoms with van der Waals surface area (Å²) in [5.41, 5.74) is 0. The van der Waals surface area contributed by atoms with Gasteiger partial charge in [-0.15, -0.1) is 0 Å². The molecule has 0 bridgehead atoms. The highest BCUT2D eigenvalue weighted by Crippen LogP contribution is 1.98. The van der Waals surface area contributed by atoms with Gasteiger partial charge in [0.2, 0.25) is 5.91 Å². The highest BCUT2D eigenvalue weighted by atomic mass is 32.2. The van der Waals surface area contributed by atoms with E-state index in [4.69, 9.17) is 0 Å². The molecule has 0 atom stereocenters. The van der Waals surface area contributed by atoms with E-state index in [1.807, 2.05) is 6.92 Å². The van der Waals surface area contributed by atoms with E-state index in [2.05, 4.69) is 0 Å². The molecule has 0 aromatic carbocycles. The van der Waals surface area contributed by atoms with Crippen molar-refractivity contribution in [2.75, 3.05) is 25.6 Å². The van der Waals surface area contributed by atoms with E-state index in [9.17, 15) is 4.79 Å². The van der Waals surface area contributed by atoms with Gasteiger partial charge in [-0.25, -0.2) is 0 Å². The third kappa shape index (κ3) is 4.33. The lowest BCUT2D eigenvalue weighted by Gasteiger charge is -2.07. The Morgan fingerprint density at radius 2 is 2.11 bits per heavy atom. The lowest BCUT2D eigenvalue weighted by Crippen LogP contribution is -2.23. The van der Waals surface area contributed by atoms with E-state index in [0.29, 0.717) is 5.75 Å². The second kappa shape index (κ2) is 4.68. The molecule has 0 spiro atoms. The van der Waals surface area contributed by atoms with Crippen LogP contribution in [0.15, 0.2) is 0 Å². The molecule has 2 nitrogen and oxygen atoms in total. The minimum atomic E-state index is 0.196. The van der Waals surface area contributed by atoms with Gasteiger partial charge < -0.3 is 4.90 Å². The van der Waals surface area contributed by atoms with E-state index >= 15 is 0 Å². The number of amides is 1. The van der Waals surface area contributed by atoms with Gasteiger partial charge in [0.25, 0.3) is 0 Å². The zero-order valence-corrected chi connectivity index (χ0v) is 6.99. The Hall–Kier alpha value is -0.180. The second-order valence-corrected chi connectivity index (χ2v) is 3.20. The first kappa shape index (κ1) is 8.82. The van der Waals surface area contributed by atoms with Crippen LogP contribution in [0, 0.1) is 0 Å². The number of hydrogen-bond acceptors (Lipinski definition) is 2. The topological polar surface area (TPSA) is 20.3 Å². The summed E-state index contributed by atoms with van der Waals surface area (Å²) < 4.78 is 0. The van der Waals surface area contributed by atoms with Crippen molar-refractivity contribution in [2.24, 2.45) is 0 Å². The van der Waals surface area contributed by atoms with Crippen LogP contribution in [-0.4, -0.2) is 36.4 Å². The molecular weight excluding hydrogens is 134 g/mol. The highest BCUT2D eigenvalue weighted by molar-refractivity contribution is 7.99. The van der Waals surface area contributed by atoms with Crippen molar-refractivity contribution in [2.45, 2.75) is 6.92 Å². The first-order valence-electron chi connectivity index (χ1n) is 2.96. The fourth-order valence-electron chi connectivity index (χ4n) is 0.318. The predicted octanol–water partition coefficient (Wildman–Crippen LogP) is 0.828. The van der Waals surface area contributed by atoms with Crippen molar-refractivity contribution in [3.05, 3.63) is 0 Å². The van der Waals surface area contributed by atoms with Gasteiger partial charge in [-0.05, 0) is 5.75 Å². The first-order valence-corrected chi connectivity index (χ1v) is 4.11. The maximum absolute atomic E-state index is 10.8. The van der Waals surface area contributed by atoms with Gasteiger partial charge in [-0.3, -0.25) is 4.79 Å². The molecule has 0 saturated carbocycles. The van der Waals surface area contributed by atoms with Crippen LogP contribution in [0.25, 0.3) is 0 Å². The summed E-state index contributed by atoms with van der Waals surface area (Å²) in [4.78, 5) is 12.4. The van der Waals surface area contributed by atoms with Crippen LogP contribution >= 0.6 is 11.8 Å². The lowest BCUT2D eigenvalue weighted by molar-refractivity contribution is -0.125. The average molecular weight is 147 g/mol. The van der Waals surface area contributed by atoms with Gasteiger partial charge in [0.1, 0.15) is 0 Å². The number of rotatable bonds is 3. The molecule has 0 saturated heterocycles. The molecule has 0 aliphatic heterocycles. The van der Waals surface area contributed by atoms with E-state index in [1.54, 1.807) is 30.8 Å². The Labute approximate surface area is 60.6 Å². The van der Waals surface area contributed by atoms with Crippen molar-refractivity contribution >= 4 is 17.7 Å². The first-order chi connectivity index (χ1) is 4.18. The smallest absolute Gasteiger partial charge is 0.232 e. The molecule has 0 aromatic rings. The van der Waals surface area contributed by atoms with E-state index in [1.165, 1.54) is 0 Å². The van der Waals surface area contributed by atoms with Crippen molar-refractivity contribution in [1.82, 2.24) is 4.90 Å². The van der Waals surface area contributed by atoms with Gasteiger partial charge in [-0.2, -0.15) is 11.8 Å². The van der Waals surface area contributed by atoms with Crippen LogP contribution < -0.4 is 0 Å². The molecule has 0 heterocycles. The summed E-state index contributed by atoms with van der Waals surface area (Å²) in [6.07, 6.45) is 0. The summed E-state index contributed by atoms with van der Waals surface area (Å²) >= 11 is 1.65. The van der Waals surface area contributed by atoms with E-state index in [0.717, 1.165) is 5.75 Å². The Bertz CT molecular complexity index is 93.1. The molecule has 0 aromatic heterocycles. The van der Waals surface area contributed by atoms with Crippen LogP contribution in [0.4, 0.5) is 0 Å². The Kier molecular flexibility index (Phi) is 4.58. The zero-order valence-electron chi connectivity index (χ0n) is 6.18. The summed E-state index contributed by atoms with van der Waals surface area (Å²) in [6, 6.07) is 0. The fraction of sp³-hybridized carbons (Fsp3) is 0.833. The number of hydrogen-bond donors (Lipinski definition) is 0. The monoisotopic (exact) mass is 147 g/mol. The molecule has 54 valence electrons. The maximum atomic E-state index is 10.8. The van der Waals surface area contributed by atoms with Crippen molar-refractivity contribution in [3.8, 4) is 0 Å². The second-order valence-electron chi connectivity index (χ2n) is 1.93. The Balaban J connectivity index is 3.28. The van der Waals surface area contributed by atoms with Gasteiger partial charge in [0.15, 0.2) is 0 Å². The number of nitrogens with zero attached hydrogens (tertiary/aromatic N) is 1. The molecule has 0 aliphatic carbocycles. The van der Waals surface area contributed by atoms with Crippen molar-refractivity contribution in [3.63, 3.8) is 0 Å². The quantitative estimate of drug-likeness (QED) is 0.589. The summed E-state index contributed by atoms with van der Waals surface area (Å²) in [6.45, 7) is 2.05. The molecule has 3 heteroatoms. The molecule has 1 amide bonds. The molecule has 0 rings (SSSR count). The minimum Gasteiger partial charge on any atom is -0.348 e. The largest absolute Gasteiger partial charge is 0.348 e. The highest BCUT2D eigenvalue weighted by Gasteiger charge is 2.00. The maximum Gasteiger partial charge on any atom is 0.232 e. The summed E-state index contributed by atoms with van der Waals surface area (Å²) in [7, 11) is 3.55. The SMILES string of the molecule is CCSCC(=O)N(C)C. The standard InChI is InChI=1S/C6H13NOS/c1-4-9-5-6(8)7(2)3/h4-5H2,1-3H3. The van der Waals surface area contributed by atoms with Gasteiger partial charge in [0, 0.05) is 14.1 Å².